The van der Waals surface area contributed by atoms with Crippen molar-refractivity contribution in [3.63, 3.8) is 0 Å². The molecule has 0 aliphatic carbocycles. The van der Waals surface area contributed by atoms with E-state index in [0.29, 0.717) is 6.54 Å². The van der Waals surface area contributed by atoms with Crippen molar-refractivity contribution in [2.45, 2.75) is 26.7 Å². The smallest absolute Gasteiger partial charge is 0.133 e. The molecule has 0 unspecified atom stereocenters. The van der Waals surface area contributed by atoms with Gasteiger partial charge in [-0.1, -0.05) is 13.8 Å². The Balaban J connectivity index is 3.38. The van der Waals surface area contributed by atoms with Gasteiger partial charge >= 0.3 is 0 Å². The van der Waals surface area contributed by atoms with Crippen LogP contribution in [0, 0.1) is 0 Å². The van der Waals surface area contributed by atoms with Gasteiger partial charge in [0.25, 0.3) is 0 Å². The Hall–Kier alpha value is -0.370. The summed E-state index contributed by atoms with van der Waals surface area (Å²) in [5, 5.41) is 0. The predicted octanol–water partition coefficient (Wildman–Crippen LogP) is 1.31. The van der Waals surface area contributed by atoms with E-state index in [-0.39, 0.29) is 0 Å². The standard InChI is InChI=1S/C8H17NO/c1-3-5-9(6-4-2)7-8-10/h8H,3-7H2,1-2H3. The summed E-state index contributed by atoms with van der Waals surface area (Å²) < 4.78 is 0. The second-order valence-corrected chi connectivity index (χ2v) is 2.47. The zero-order chi connectivity index (χ0) is 7.82. The molecule has 0 aromatic heterocycles. The molecule has 0 aliphatic heterocycles. The fraction of sp³-hybridized carbons (Fsp3) is 0.875. The van der Waals surface area contributed by atoms with Crippen LogP contribution >= 0.6 is 0 Å². The summed E-state index contributed by atoms with van der Waals surface area (Å²) in [7, 11) is 0. The first-order chi connectivity index (χ1) is 4.85. The van der Waals surface area contributed by atoms with E-state index in [2.05, 4.69) is 18.7 Å². The lowest BCUT2D eigenvalue weighted by molar-refractivity contribution is -0.108. The maximum absolute atomic E-state index is 10.1. The molecule has 0 heterocycles. The SMILES string of the molecule is CCCN(CC=O)CCC. The van der Waals surface area contributed by atoms with Crippen molar-refractivity contribution in [2.24, 2.45) is 0 Å². The number of carbonyl (C=O) groups excluding carboxylic acids is 1. The van der Waals surface area contributed by atoms with Gasteiger partial charge in [-0.15, -0.1) is 0 Å². The molecular formula is C8H17NO. The van der Waals surface area contributed by atoms with Crippen molar-refractivity contribution in [1.82, 2.24) is 4.90 Å². The highest BCUT2D eigenvalue weighted by Gasteiger charge is 1.98. The molecule has 0 aromatic rings. The van der Waals surface area contributed by atoms with Crippen LogP contribution in [-0.4, -0.2) is 30.8 Å². The molecule has 0 aliphatic rings. The molecule has 60 valence electrons. The molecule has 0 saturated heterocycles. The van der Waals surface area contributed by atoms with E-state index in [1.54, 1.807) is 0 Å². The van der Waals surface area contributed by atoms with Crippen LogP contribution in [0.5, 0.6) is 0 Å². The fourth-order valence-electron chi connectivity index (χ4n) is 1.03. The van der Waals surface area contributed by atoms with Gasteiger partial charge in [0.15, 0.2) is 0 Å². The third-order valence-corrected chi connectivity index (χ3v) is 1.41. The molecule has 0 fully saturated rings. The van der Waals surface area contributed by atoms with E-state index < -0.39 is 0 Å². The molecule has 0 rings (SSSR count). The molecule has 0 saturated carbocycles. The van der Waals surface area contributed by atoms with Crippen LogP contribution in [0.15, 0.2) is 0 Å². The largest absolute Gasteiger partial charge is 0.302 e. The van der Waals surface area contributed by atoms with Crippen LogP contribution in [-0.2, 0) is 4.79 Å². The van der Waals surface area contributed by atoms with Gasteiger partial charge in [-0.25, -0.2) is 0 Å². The summed E-state index contributed by atoms with van der Waals surface area (Å²) in [4.78, 5) is 12.3. The Morgan fingerprint density at radius 3 is 2.00 bits per heavy atom. The van der Waals surface area contributed by atoms with Crippen molar-refractivity contribution in [2.75, 3.05) is 19.6 Å². The Morgan fingerprint density at radius 2 is 1.70 bits per heavy atom. The third-order valence-electron chi connectivity index (χ3n) is 1.41. The second kappa shape index (κ2) is 6.75. The van der Waals surface area contributed by atoms with Gasteiger partial charge in [-0.2, -0.15) is 0 Å². The quantitative estimate of drug-likeness (QED) is 0.522. The maximum atomic E-state index is 10.1. The summed E-state index contributed by atoms with van der Waals surface area (Å²) in [6.07, 6.45) is 3.24. The lowest BCUT2D eigenvalue weighted by Gasteiger charge is -2.16. The fourth-order valence-corrected chi connectivity index (χ4v) is 1.03. The van der Waals surface area contributed by atoms with Crippen LogP contribution in [0.1, 0.15) is 26.7 Å². The monoisotopic (exact) mass is 143 g/mol. The van der Waals surface area contributed by atoms with Gasteiger partial charge in [0, 0.05) is 0 Å². The first kappa shape index (κ1) is 9.63. The Morgan fingerprint density at radius 1 is 1.20 bits per heavy atom. The van der Waals surface area contributed by atoms with Crippen molar-refractivity contribution in [1.29, 1.82) is 0 Å². The highest BCUT2D eigenvalue weighted by molar-refractivity contribution is 5.51. The molecule has 2 heteroatoms. The summed E-state index contributed by atoms with van der Waals surface area (Å²) in [5.74, 6) is 0. The summed E-state index contributed by atoms with van der Waals surface area (Å²) in [6.45, 7) is 6.96. The minimum atomic E-state index is 0.599. The number of hydrogen-bond donors (Lipinski definition) is 0. The van der Waals surface area contributed by atoms with Crippen LogP contribution in [0.25, 0.3) is 0 Å². The highest BCUT2D eigenvalue weighted by atomic mass is 16.1. The van der Waals surface area contributed by atoms with Crippen LogP contribution in [0.3, 0.4) is 0 Å². The van der Waals surface area contributed by atoms with E-state index in [1.165, 1.54) is 0 Å². The first-order valence-electron chi connectivity index (χ1n) is 4.01. The van der Waals surface area contributed by atoms with Gasteiger partial charge in [0.2, 0.25) is 0 Å². The summed E-state index contributed by atoms with van der Waals surface area (Å²) >= 11 is 0. The number of nitrogens with zero attached hydrogens (tertiary/aromatic N) is 1. The summed E-state index contributed by atoms with van der Waals surface area (Å²) in [6, 6.07) is 0. The van der Waals surface area contributed by atoms with E-state index in [1.807, 2.05) is 0 Å². The lowest BCUT2D eigenvalue weighted by Crippen LogP contribution is -2.27. The van der Waals surface area contributed by atoms with Crippen molar-refractivity contribution < 1.29 is 4.79 Å². The predicted molar refractivity (Wildman–Crippen MR) is 43.1 cm³/mol. The van der Waals surface area contributed by atoms with Crippen LogP contribution < -0.4 is 0 Å². The highest BCUT2D eigenvalue weighted by Crippen LogP contribution is 1.90. The molecule has 0 N–H and O–H groups in total. The Labute approximate surface area is 63.2 Å². The topological polar surface area (TPSA) is 20.3 Å². The second-order valence-electron chi connectivity index (χ2n) is 2.47. The van der Waals surface area contributed by atoms with Gasteiger partial charge in [0.05, 0.1) is 6.54 Å². The number of carbonyl (C=O) groups is 1. The lowest BCUT2D eigenvalue weighted by atomic mass is 10.3. The number of aldehydes is 1. The molecule has 0 bridgehead atoms. The average molecular weight is 143 g/mol. The average Bonchev–Trinajstić information content (AvgIpc) is 1.90. The van der Waals surface area contributed by atoms with E-state index in [9.17, 15) is 4.79 Å². The molecule has 0 atom stereocenters. The Kier molecular flexibility index (Phi) is 6.50. The molecule has 10 heavy (non-hydrogen) atoms. The minimum Gasteiger partial charge on any atom is -0.302 e. The Bertz CT molecular complexity index is 77.3. The number of rotatable bonds is 6. The zero-order valence-electron chi connectivity index (χ0n) is 6.97. The van der Waals surface area contributed by atoms with Gasteiger partial charge in [-0.05, 0) is 25.9 Å². The first-order valence-corrected chi connectivity index (χ1v) is 4.01. The maximum Gasteiger partial charge on any atom is 0.133 e. The van der Waals surface area contributed by atoms with E-state index in [4.69, 9.17) is 0 Å². The van der Waals surface area contributed by atoms with Gasteiger partial charge in [0.1, 0.15) is 6.29 Å². The van der Waals surface area contributed by atoms with Crippen LogP contribution in [0.2, 0.25) is 0 Å². The zero-order valence-corrected chi connectivity index (χ0v) is 6.97. The van der Waals surface area contributed by atoms with E-state index in [0.717, 1.165) is 32.2 Å². The molecule has 0 aromatic carbocycles. The molecular weight excluding hydrogens is 126 g/mol. The molecule has 0 spiro atoms. The van der Waals surface area contributed by atoms with Gasteiger partial charge in [-0.3, -0.25) is 4.90 Å². The number of hydrogen-bond acceptors (Lipinski definition) is 2. The van der Waals surface area contributed by atoms with E-state index >= 15 is 0 Å². The summed E-state index contributed by atoms with van der Waals surface area (Å²) in [5.41, 5.74) is 0. The third kappa shape index (κ3) is 4.50. The van der Waals surface area contributed by atoms with Crippen molar-refractivity contribution >= 4 is 6.29 Å². The van der Waals surface area contributed by atoms with Crippen LogP contribution in [0.4, 0.5) is 0 Å². The normalized spacial score (nSPS) is 10.3. The van der Waals surface area contributed by atoms with Crippen molar-refractivity contribution in [3.8, 4) is 0 Å². The van der Waals surface area contributed by atoms with Gasteiger partial charge < -0.3 is 4.79 Å². The molecule has 0 radical (unpaired) electrons. The minimum absolute atomic E-state index is 0.599. The molecule has 2 nitrogen and oxygen atoms in total. The molecule has 0 amide bonds. The van der Waals surface area contributed by atoms with Crippen molar-refractivity contribution in [3.05, 3.63) is 0 Å².